The van der Waals surface area contributed by atoms with Crippen LogP contribution in [0.4, 0.5) is 0 Å². The zero-order valence-corrected chi connectivity index (χ0v) is 20.0. The van der Waals surface area contributed by atoms with Crippen molar-refractivity contribution in [3.8, 4) is 11.8 Å². The smallest absolute Gasteiger partial charge is 0.267 e. The Kier molecular flexibility index (Phi) is 4.94. The number of nitriles is 1. The Morgan fingerprint density at radius 3 is 2.63 bits per heavy atom. The Balaban J connectivity index is 1.53. The van der Waals surface area contributed by atoms with Gasteiger partial charge in [0.1, 0.15) is 6.07 Å². The van der Waals surface area contributed by atoms with Crippen molar-refractivity contribution in [1.29, 1.82) is 5.26 Å². The van der Waals surface area contributed by atoms with Crippen LogP contribution < -0.4 is 5.56 Å². The number of nitrogens with zero attached hydrogens (tertiary/aromatic N) is 6. The molecule has 2 aromatic carbocycles. The fourth-order valence-electron chi connectivity index (χ4n) is 4.60. The third-order valence-electron chi connectivity index (χ3n) is 6.22. The third-order valence-corrected chi connectivity index (χ3v) is 7.20. The molecule has 0 aliphatic rings. The van der Waals surface area contributed by atoms with E-state index in [0.717, 1.165) is 33.4 Å². The Bertz CT molecular complexity index is 1870. The number of pyridine rings is 1. The minimum Gasteiger partial charge on any atom is -0.322 e. The molecular formula is C27H20N6OS. The number of benzene rings is 2. The molecule has 0 amide bonds. The highest BCUT2D eigenvalue weighted by Crippen LogP contribution is 2.29. The summed E-state index contributed by atoms with van der Waals surface area (Å²) >= 11 is 1.50. The van der Waals surface area contributed by atoms with Crippen LogP contribution in [0.15, 0.2) is 83.0 Å². The quantitative estimate of drug-likeness (QED) is 0.332. The van der Waals surface area contributed by atoms with Gasteiger partial charge >= 0.3 is 0 Å². The second-order valence-corrected chi connectivity index (χ2v) is 9.43. The number of aromatic nitrogens is 5. The Labute approximate surface area is 204 Å². The molecule has 0 aliphatic carbocycles. The van der Waals surface area contributed by atoms with E-state index in [1.807, 2.05) is 89.6 Å². The van der Waals surface area contributed by atoms with Crippen molar-refractivity contribution in [3.63, 3.8) is 0 Å². The van der Waals surface area contributed by atoms with Crippen molar-refractivity contribution in [1.82, 2.24) is 23.6 Å². The van der Waals surface area contributed by atoms with Gasteiger partial charge in [-0.25, -0.2) is 4.57 Å². The fourth-order valence-corrected chi connectivity index (χ4v) is 5.51. The van der Waals surface area contributed by atoms with Crippen LogP contribution in [0.2, 0.25) is 0 Å². The lowest BCUT2D eigenvalue weighted by Crippen LogP contribution is -2.22. The number of hydrogen-bond acceptors (Lipinski definition) is 5. The average molecular weight is 477 g/mol. The molecule has 6 rings (SSSR count). The van der Waals surface area contributed by atoms with Crippen molar-refractivity contribution in [2.24, 2.45) is 0 Å². The van der Waals surface area contributed by atoms with Gasteiger partial charge < -0.3 is 4.40 Å². The van der Waals surface area contributed by atoms with Gasteiger partial charge in [-0.2, -0.15) is 5.26 Å². The van der Waals surface area contributed by atoms with Crippen LogP contribution in [-0.2, 0) is 5.75 Å². The molecule has 4 heterocycles. The van der Waals surface area contributed by atoms with E-state index in [9.17, 15) is 10.1 Å². The van der Waals surface area contributed by atoms with Crippen molar-refractivity contribution in [3.05, 3.63) is 106 Å². The molecule has 0 aliphatic heterocycles. The zero-order valence-electron chi connectivity index (χ0n) is 19.1. The zero-order chi connectivity index (χ0) is 24.1. The maximum Gasteiger partial charge on any atom is 0.267 e. The van der Waals surface area contributed by atoms with E-state index in [0.29, 0.717) is 27.6 Å². The maximum absolute atomic E-state index is 13.6. The van der Waals surface area contributed by atoms with Crippen molar-refractivity contribution in [2.45, 2.75) is 24.8 Å². The first kappa shape index (κ1) is 21.2. The second-order valence-electron chi connectivity index (χ2n) is 8.49. The van der Waals surface area contributed by atoms with E-state index in [-0.39, 0.29) is 5.56 Å². The lowest BCUT2D eigenvalue weighted by molar-refractivity contribution is 0.928. The largest absolute Gasteiger partial charge is 0.322 e. The van der Waals surface area contributed by atoms with Gasteiger partial charge in [-0.3, -0.25) is 9.20 Å². The third kappa shape index (κ3) is 3.32. The molecule has 0 fully saturated rings. The molecule has 0 radical (unpaired) electrons. The van der Waals surface area contributed by atoms with E-state index >= 15 is 0 Å². The number of para-hydroxylation sites is 1. The number of hydrogen-bond donors (Lipinski definition) is 0. The summed E-state index contributed by atoms with van der Waals surface area (Å²) in [7, 11) is 0. The molecule has 170 valence electrons. The minimum atomic E-state index is -0.130. The summed E-state index contributed by atoms with van der Waals surface area (Å²) in [6.45, 7) is 4.02. The van der Waals surface area contributed by atoms with Gasteiger partial charge in [0.2, 0.25) is 5.78 Å². The summed E-state index contributed by atoms with van der Waals surface area (Å²) in [5, 5.41) is 19.9. The van der Waals surface area contributed by atoms with E-state index in [1.165, 1.54) is 11.8 Å². The summed E-state index contributed by atoms with van der Waals surface area (Å²) in [6.07, 6.45) is 3.92. The van der Waals surface area contributed by atoms with Gasteiger partial charge in [-0.15, -0.1) is 10.2 Å². The Morgan fingerprint density at radius 2 is 1.80 bits per heavy atom. The molecule has 0 unspecified atom stereocenters. The molecule has 0 saturated carbocycles. The summed E-state index contributed by atoms with van der Waals surface area (Å²) < 4.78 is 5.54. The van der Waals surface area contributed by atoms with Gasteiger partial charge in [-0.05, 0) is 55.3 Å². The minimum absolute atomic E-state index is 0.130. The molecule has 8 heteroatoms. The lowest BCUT2D eigenvalue weighted by Gasteiger charge is -2.13. The summed E-state index contributed by atoms with van der Waals surface area (Å²) in [6, 6.07) is 21.7. The highest BCUT2D eigenvalue weighted by atomic mass is 32.2. The first-order valence-corrected chi connectivity index (χ1v) is 12.1. The average Bonchev–Trinajstić information content (AvgIpc) is 3.45. The summed E-state index contributed by atoms with van der Waals surface area (Å²) in [5.41, 5.74) is 5.98. The first-order valence-electron chi connectivity index (χ1n) is 11.1. The van der Waals surface area contributed by atoms with Crippen LogP contribution in [0.3, 0.4) is 0 Å². The van der Waals surface area contributed by atoms with Crippen molar-refractivity contribution in [2.75, 3.05) is 0 Å². The highest BCUT2D eigenvalue weighted by Gasteiger charge is 2.20. The normalized spacial score (nSPS) is 11.5. The molecule has 0 spiro atoms. The Hall–Kier alpha value is -4.35. The number of thioether (sulfide) groups is 1. The van der Waals surface area contributed by atoms with E-state index < -0.39 is 0 Å². The monoisotopic (exact) mass is 476 g/mol. The fraction of sp³-hybridized carbons (Fsp3) is 0.111. The number of rotatable bonds is 4. The van der Waals surface area contributed by atoms with Crippen LogP contribution in [0, 0.1) is 25.2 Å². The summed E-state index contributed by atoms with van der Waals surface area (Å²) in [5.74, 6) is 1.01. The molecule has 7 nitrogen and oxygen atoms in total. The van der Waals surface area contributed by atoms with Gasteiger partial charge in [0, 0.05) is 18.1 Å². The van der Waals surface area contributed by atoms with Gasteiger partial charge in [0.05, 0.1) is 27.7 Å². The maximum atomic E-state index is 13.6. The molecular weight excluding hydrogens is 456 g/mol. The topological polar surface area (TPSA) is 80.4 Å². The second kappa shape index (κ2) is 8.15. The van der Waals surface area contributed by atoms with Gasteiger partial charge in [-0.1, -0.05) is 47.7 Å². The first-order chi connectivity index (χ1) is 17.1. The van der Waals surface area contributed by atoms with Gasteiger partial charge in [0.25, 0.3) is 5.56 Å². The molecule has 0 atom stereocenters. The van der Waals surface area contributed by atoms with E-state index in [4.69, 9.17) is 0 Å². The molecule has 4 aromatic heterocycles. The van der Waals surface area contributed by atoms with Crippen LogP contribution >= 0.6 is 11.8 Å². The van der Waals surface area contributed by atoms with Crippen molar-refractivity contribution >= 4 is 34.0 Å². The predicted octanol–water partition coefficient (Wildman–Crippen LogP) is 5.07. The van der Waals surface area contributed by atoms with Crippen LogP contribution in [0.1, 0.15) is 22.3 Å². The highest BCUT2D eigenvalue weighted by molar-refractivity contribution is 7.98. The standard InChI is InChI=1S/C27H20N6OS/c1-17-10-11-22(18(2)13-17)32-25(34)20-7-3-4-9-24(20)33-26(32)29-30-27(33)35-16-19-15-31-12-6-5-8-23(31)21(19)14-28/h3-13,15H,16H2,1-2H3. The molecule has 6 aromatic rings. The van der Waals surface area contributed by atoms with Crippen molar-refractivity contribution < 1.29 is 0 Å². The number of aryl methyl sites for hydroxylation is 2. The SMILES string of the molecule is Cc1ccc(-n2c(=O)c3ccccc3n3c(SCc4cn5ccccc5c4C#N)nnc23)c(C)c1. The van der Waals surface area contributed by atoms with Crippen LogP contribution in [-0.4, -0.2) is 23.6 Å². The van der Waals surface area contributed by atoms with Crippen LogP contribution in [0.5, 0.6) is 0 Å². The Morgan fingerprint density at radius 1 is 1.00 bits per heavy atom. The molecule has 0 bridgehead atoms. The van der Waals surface area contributed by atoms with E-state index in [2.05, 4.69) is 22.3 Å². The number of fused-ring (bicyclic) bond motifs is 4. The molecule has 0 N–H and O–H groups in total. The molecule has 35 heavy (non-hydrogen) atoms. The van der Waals surface area contributed by atoms with Gasteiger partial charge in [0.15, 0.2) is 5.16 Å². The summed E-state index contributed by atoms with van der Waals surface area (Å²) in [4.78, 5) is 13.6. The lowest BCUT2D eigenvalue weighted by atomic mass is 10.1. The predicted molar refractivity (Wildman–Crippen MR) is 137 cm³/mol. The van der Waals surface area contributed by atoms with E-state index in [1.54, 1.807) is 4.57 Å². The molecule has 0 saturated heterocycles. The van der Waals surface area contributed by atoms with Crippen LogP contribution in [0.25, 0.3) is 27.9 Å².